The predicted octanol–water partition coefficient (Wildman–Crippen LogP) is 5.44. The van der Waals surface area contributed by atoms with Gasteiger partial charge in [-0.05, 0) is 42.8 Å². The Kier molecular flexibility index (Phi) is 6.38. The van der Waals surface area contributed by atoms with Gasteiger partial charge in [0.05, 0.1) is 28.3 Å². The van der Waals surface area contributed by atoms with Crippen molar-refractivity contribution in [3.8, 4) is 6.07 Å². The molecule has 4 nitrogen and oxygen atoms in total. The Morgan fingerprint density at radius 1 is 1.30 bits per heavy atom. The molecular weight excluding hydrogens is 424 g/mol. The summed E-state index contributed by atoms with van der Waals surface area (Å²) in [5, 5.41) is 9.73. The van der Waals surface area contributed by atoms with E-state index in [1.165, 1.54) is 6.08 Å². The number of nitriles is 1. The number of aromatic nitrogens is 1. The van der Waals surface area contributed by atoms with Gasteiger partial charge < -0.3 is 9.14 Å². The maximum atomic E-state index is 11.8. The molecule has 3 rings (SSSR count). The number of benzene rings is 1. The Hall–Kier alpha value is -2.49. The van der Waals surface area contributed by atoms with Gasteiger partial charge in [-0.25, -0.2) is 4.79 Å². The van der Waals surface area contributed by atoms with Gasteiger partial charge in [0.1, 0.15) is 6.07 Å². The summed E-state index contributed by atoms with van der Waals surface area (Å²) in [6.45, 7) is 2.10. The third kappa shape index (κ3) is 4.44. The van der Waals surface area contributed by atoms with Crippen molar-refractivity contribution in [3.05, 3.63) is 76.0 Å². The Morgan fingerprint density at radius 3 is 2.78 bits per heavy atom. The van der Waals surface area contributed by atoms with E-state index in [1.54, 1.807) is 24.8 Å². The first-order valence-corrected chi connectivity index (χ1v) is 10.2. The quantitative estimate of drug-likeness (QED) is 0.290. The van der Waals surface area contributed by atoms with Crippen molar-refractivity contribution in [2.45, 2.75) is 17.6 Å². The summed E-state index contributed by atoms with van der Waals surface area (Å²) < 4.78 is 7.94. The lowest BCUT2D eigenvalue weighted by Crippen LogP contribution is -1.99. The molecule has 0 aliphatic carbocycles. The molecule has 1 aromatic carbocycles. The van der Waals surface area contributed by atoms with Crippen molar-refractivity contribution in [1.82, 2.24) is 4.40 Å². The molecule has 2 aromatic heterocycles. The lowest BCUT2D eigenvalue weighted by Gasteiger charge is -2.04. The number of nitrogens with zero attached hydrogens (tertiary/aromatic N) is 2. The Labute approximate surface area is 170 Å². The van der Waals surface area contributed by atoms with E-state index in [4.69, 9.17) is 4.74 Å². The third-order valence-corrected chi connectivity index (χ3v) is 5.62. The molecular formula is C21H17BrN2O2S. The molecule has 136 valence electrons. The number of carbonyl (C=O) groups excluding carboxylic acids is 1. The van der Waals surface area contributed by atoms with E-state index in [0.29, 0.717) is 12.2 Å². The summed E-state index contributed by atoms with van der Waals surface area (Å²) in [4.78, 5) is 12.6. The van der Waals surface area contributed by atoms with Crippen molar-refractivity contribution in [2.24, 2.45) is 0 Å². The van der Waals surface area contributed by atoms with Crippen LogP contribution >= 0.6 is 27.7 Å². The number of hydrogen-bond donors (Lipinski definition) is 0. The van der Waals surface area contributed by atoms with Crippen molar-refractivity contribution < 1.29 is 9.53 Å². The molecule has 2 heterocycles. The molecule has 6 heteroatoms. The average molecular weight is 441 g/mol. The van der Waals surface area contributed by atoms with Gasteiger partial charge in [0.15, 0.2) is 0 Å². The molecule has 0 aliphatic heterocycles. The van der Waals surface area contributed by atoms with Crippen LogP contribution in [0.5, 0.6) is 0 Å². The highest BCUT2D eigenvalue weighted by atomic mass is 79.9. The van der Waals surface area contributed by atoms with Crippen LogP contribution in [-0.4, -0.2) is 17.0 Å². The number of carbonyl (C=O) groups is 1. The van der Waals surface area contributed by atoms with E-state index >= 15 is 0 Å². The summed E-state index contributed by atoms with van der Waals surface area (Å²) in [6, 6.07) is 16.1. The van der Waals surface area contributed by atoms with Crippen LogP contribution in [0.1, 0.15) is 23.7 Å². The molecule has 0 saturated carbocycles. The first-order chi connectivity index (χ1) is 13.1. The number of hydrogen-bond acceptors (Lipinski definition) is 4. The van der Waals surface area contributed by atoms with Crippen molar-refractivity contribution in [2.75, 3.05) is 6.61 Å². The van der Waals surface area contributed by atoms with Crippen LogP contribution in [0.15, 0.2) is 64.1 Å². The molecule has 27 heavy (non-hydrogen) atoms. The zero-order valence-corrected chi connectivity index (χ0v) is 17.1. The van der Waals surface area contributed by atoms with Crippen molar-refractivity contribution >= 4 is 45.3 Å². The minimum Gasteiger partial charge on any atom is -0.463 e. The van der Waals surface area contributed by atoms with E-state index < -0.39 is 5.97 Å². The fourth-order valence-corrected chi connectivity index (χ4v) is 4.07. The molecule has 0 amide bonds. The van der Waals surface area contributed by atoms with Gasteiger partial charge in [0, 0.05) is 22.5 Å². The summed E-state index contributed by atoms with van der Waals surface area (Å²) in [5.74, 6) is 0.324. The normalized spacial score (nSPS) is 11.0. The summed E-state index contributed by atoms with van der Waals surface area (Å²) >= 11 is 5.03. The summed E-state index contributed by atoms with van der Waals surface area (Å²) in [5.41, 5.74) is 3.39. The molecule has 0 saturated heterocycles. The highest BCUT2D eigenvalue weighted by Crippen LogP contribution is 2.35. The second-order valence-electron chi connectivity index (χ2n) is 5.66. The fraction of sp³-hybridized carbons (Fsp3) is 0.143. The Bertz CT molecular complexity index is 1030. The number of esters is 1. The molecule has 0 unspecified atom stereocenters. The first kappa shape index (κ1) is 19.3. The van der Waals surface area contributed by atoms with Gasteiger partial charge >= 0.3 is 5.97 Å². The minimum atomic E-state index is -0.397. The number of pyridine rings is 1. The van der Waals surface area contributed by atoms with E-state index in [1.807, 2.05) is 53.1 Å². The van der Waals surface area contributed by atoms with Gasteiger partial charge in [-0.2, -0.15) is 5.26 Å². The summed E-state index contributed by atoms with van der Waals surface area (Å²) in [6.07, 6.45) is 5.02. The topological polar surface area (TPSA) is 54.5 Å². The maximum absolute atomic E-state index is 11.8. The first-order valence-electron chi connectivity index (χ1n) is 8.39. The second-order valence-corrected chi connectivity index (χ2v) is 7.56. The van der Waals surface area contributed by atoms with E-state index in [0.717, 1.165) is 31.9 Å². The van der Waals surface area contributed by atoms with Crippen LogP contribution in [0.3, 0.4) is 0 Å². The highest BCUT2D eigenvalue weighted by Gasteiger charge is 2.17. The van der Waals surface area contributed by atoms with Crippen LogP contribution in [0.4, 0.5) is 0 Å². The number of fused-ring (bicyclic) bond motifs is 1. The monoisotopic (exact) mass is 440 g/mol. The van der Waals surface area contributed by atoms with E-state index in [2.05, 4.69) is 22.0 Å². The van der Waals surface area contributed by atoms with Gasteiger partial charge in [-0.3, -0.25) is 0 Å². The molecule has 0 bridgehead atoms. The lowest BCUT2D eigenvalue weighted by molar-refractivity contribution is -0.137. The minimum absolute atomic E-state index is 0.326. The molecule has 0 atom stereocenters. The average Bonchev–Trinajstić information content (AvgIpc) is 2.98. The van der Waals surface area contributed by atoms with Crippen molar-refractivity contribution in [3.63, 3.8) is 0 Å². The molecule has 3 aromatic rings. The van der Waals surface area contributed by atoms with Gasteiger partial charge in [0.25, 0.3) is 0 Å². The van der Waals surface area contributed by atoms with Crippen LogP contribution in [0.25, 0.3) is 11.6 Å². The molecule has 0 spiro atoms. The zero-order valence-electron chi connectivity index (χ0n) is 14.7. The van der Waals surface area contributed by atoms with Gasteiger partial charge in [-0.1, -0.05) is 34.1 Å². The zero-order chi connectivity index (χ0) is 19.2. The van der Waals surface area contributed by atoms with Gasteiger partial charge in [0.2, 0.25) is 0 Å². The van der Waals surface area contributed by atoms with Crippen molar-refractivity contribution in [1.29, 1.82) is 5.26 Å². The molecule has 0 N–H and O–H groups in total. The second kappa shape index (κ2) is 8.94. The number of ether oxygens (including phenoxy) is 1. The molecule has 0 fully saturated rings. The highest BCUT2D eigenvalue weighted by molar-refractivity contribution is 9.10. The van der Waals surface area contributed by atoms with Crippen LogP contribution < -0.4 is 0 Å². The van der Waals surface area contributed by atoms with Crippen LogP contribution in [0, 0.1) is 11.3 Å². The third-order valence-electron chi connectivity index (χ3n) is 3.91. The number of thioether (sulfide) groups is 1. The smallest absolute Gasteiger partial charge is 0.330 e. The fourth-order valence-electron chi connectivity index (χ4n) is 2.69. The predicted molar refractivity (Wildman–Crippen MR) is 111 cm³/mol. The van der Waals surface area contributed by atoms with Crippen LogP contribution in [-0.2, 0) is 15.3 Å². The van der Waals surface area contributed by atoms with Gasteiger partial charge in [-0.15, -0.1) is 11.8 Å². The Balaban J connectivity index is 2.00. The summed E-state index contributed by atoms with van der Waals surface area (Å²) in [7, 11) is 0. The lowest BCUT2D eigenvalue weighted by atomic mass is 10.2. The Morgan fingerprint density at radius 2 is 2.07 bits per heavy atom. The number of halogens is 1. The van der Waals surface area contributed by atoms with Crippen LogP contribution in [0.2, 0.25) is 0 Å². The maximum Gasteiger partial charge on any atom is 0.330 e. The molecule has 0 radical (unpaired) electrons. The largest absolute Gasteiger partial charge is 0.463 e. The molecule has 0 aliphatic rings. The van der Waals surface area contributed by atoms with E-state index in [-0.39, 0.29) is 0 Å². The standard InChI is InChI=1S/C21H17BrN2O2S/c1-2-26-20(25)11-10-19-21(27-14-15-6-8-16(22)9-7-15)17(13-23)18-5-3-4-12-24(18)19/h3-12H,2,14H2,1H3/b11-10+. The number of rotatable bonds is 6. The van der Waals surface area contributed by atoms with E-state index in [9.17, 15) is 10.1 Å². The SMILES string of the molecule is CCOC(=O)/C=C/c1c(SCc2ccc(Br)cc2)c(C#N)c2ccccn12.